The first kappa shape index (κ1) is 19.4. The highest BCUT2D eigenvalue weighted by Crippen LogP contribution is 2.27. The van der Waals surface area contributed by atoms with E-state index < -0.39 is 10.0 Å². The zero-order valence-electron chi connectivity index (χ0n) is 15.8. The summed E-state index contributed by atoms with van der Waals surface area (Å²) in [7, 11) is -3.85. The number of carbonyl (C=O) groups is 1. The van der Waals surface area contributed by atoms with Gasteiger partial charge in [-0.2, -0.15) is 0 Å². The van der Waals surface area contributed by atoms with Crippen molar-refractivity contribution in [3.63, 3.8) is 0 Å². The number of hydrogen-bond acceptors (Lipinski definition) is 3. The van der Waals surface area contributed by atoms with Gasteiger partial charge in [0, 0.05) is 6.04 Å². The van der Waals surface area contributed by atoms with Crippen molar-refractivity contribution in [2.45, 2.75) is 50.5 Å². The number of benzene rings is 2. The third-order valence-corrected chi connectivity index (χ3v) is 6.73. The summed E-state index contributed by atoms with van der Waals surface area (Å²) < 4.78 is 27.8. The van der Waals surface area contributed by atoms with E-state index in [1.165, 1.54) is 4.31 Å². The largest absolute Gasteiger partial charge is 0.352 e. The molecule has 2 aromatic carbocycles. The van der Waals surface area contributed by atoms with Crippen molar-refractivity contribution in [2.24, 2.45) is 0 Å². The van der Waals surface area contributed by atoms with Gasteiger partial charge in [0.15, 0.2) is 0 Å². The van der Waals surface area contributed by atoms with Gasteiger partial charge in [0.25, 0.3) is 10.0 Å². The highest BCUT2D eigenvalue weighted by atomic mass is 32.2. The van der Waals surface area contributed by atoms with Crippen LogP contribution in [0.5, 0.6) is 0 Å². The summed E-state index contributed by atoms with van der Waals surface area (Å²) in [6, 6.07) is 14.0. The second kappa shape index (κ2) is 8.13. The average molecular weight is 387 g/mol. The van der Waals surface area contributed by atoms with Gasteiger partial charge in [-0.05, 0) is 50.5 Å². The molecule has 5 nitrogen and oxygen atoms in total. The Morgan fingerprint density at radius 1 is 1.07 bits per heavy atom. The van der Waals surface area contributed by atoms with E-state index in [2.05, 4.69) is 5.32 Å². The van der Waals surface area contributed by atoms with Crippen LogP contribution < -0.4 is 9.62 Å². The smallest absolute Gasteiger partial charge is 0.264 e. The van der Waals surface area contributed by atoms with Crippen LogP contribution in [0.1, 0.15) is 36.8 Å². The number of aryl methyl sites for hydroxylation is 2. The van der Waals surface area contributed by atoms with Crippen LogP contribution >= 0.6 is 0 Å². The van der Waals surface area contributed by atoms with Crippen LogP contribution in [0, 0.1) is 13.8 Å². The Morgan fingerprint density at radius 2 is 1.74 bits per heavy atom. The minimum absolute atomic E-state index is 0.151. The van der Waals surface area contributed by atoms with Crippen molar-refractivity contribution < 1.29 is 13.2 Å². The lowest BCUT2D eigenvalue weighted by Gasteiger charge is -2.26. The van der Waals surface area contributed by atoms with Crippen molar-refractivity contribution in [3.8, 4) is 0 Å². The number of carbonyl (C=O) groups excluding carboxylic acids is 1. The molecule has 1 amide bonds. The van der Waals surface area contributed by atoms with Crippen molar-refractivity contribution in [2.75, 3.05) is 10.8 Å². The van der Waals surface area contributed by atoms with Gasteiger partial charge in [-0.15, -0.1) is 0 Å². The highest BCUT2D eigenvalue weighted by Gasteiger charge is 2.29. The molecule has 0 saturated heterocycles. The number of nitrogens with zero attached hydrogens (tertiary/aromatic N) is 1. The molecule has 0 unspecified atom stereocenters. The first-order chi connectivity index (χ1) is 12.9. The Kier molecular flexibility index (Phi) is 5.85. The predicted octanol–water partition coefficient (Wildman–Crippen LogP) is 3.56. The van der Waals surface area contributed by atoms with Gasteiger partial charge in [-0.25, -0.2) is 8.42 Å². The molecule has 3 rings (SSSR count). The van der Waals surface area contributed by atoms with Crippen molar-refractivity contribution in [3.05, 3.63) is 59.7 Å². The lowest BCUT2D eigenvalue weighted by Crippen LogP contribution is -2.43. The number of sulfonamides is 1. The van der Waals surface area contributed by atoms with Crippen molar-refractivity contribution in [1.29, 1.82) is 0 Å². The topological polar surface area (TPSA) is 66.5 Å². The summed E-state index contributed by atoms with van der Waals surface area (Å²) in [5.41, 5.74) is 2.40. The van der Waals surface area contributed by atoms with Crippen LogP contribution in [0.3, 0.4) is 0 Å². The number of hydrogen-bond donors (Lipinski definition) is 1. The summed E-state index contributed by atoms with van der Waals surface area (Å²) in [6.45, 7) is 3.60. The minimum Gasteiger partial charge on any atom is -0.352 e. The molecule has 6 heteroatoms. The molecule has 0 aromatic heterocycles. The second-order valence-electron chi connectivity index (χ2n) is 7.16. The Hall–Kier alpha value is -2.34. The molecule has 1 saturated carbocycles. The van der Waals surface area contributed by atoms with E-state index in [9.17, 15) is 13.2 Å². The fourth-order valence-electron chi connectivity index (χ4n) is 3.58. The van der Waals surface area contributed by atoms with E-state index in [-0.39, 0.29) is 23.4 Å². The fraction of sp³-hybridized carbons (Fsp3) is 0.381. The van der Waals surface area contributed by atoms with Gasteiger partial charge < -0.3 is 5.32 Å². The van der Waals surface area contributed by atoms with Gasteiger partial charge >= 0.3 is 0 Å². The number of anilines is 1. The van der Waals surface area contributed by atoms with E-state index in [4.69, 9.17) is 0 Å². The van der Waals surface area contributed by atoms with Gasteiger partial charge in [-0.3, -0.25) is 9.10 Å². The molecule has 1 aliphatic carbocycles. The summed E-state index contributed by atoms with van der Waals surface area (Å²) >= 11 is 0. The van der Waals surface area contributed by atoms with Gasteiger partial charge in [0.2, 0.25) is 5.91 Å². The van der Waals surface area contributed by atoms with E-state index >= 15 is 0 Å². The molecule has 0 heterocycles. The molecular formula is C21H26N2O3S. The number of amides is 1. The normalized spacial score (nSPS) is 14.9. The maximum atomic E-state index is 13.3. The standard InChI is InChI=1S/C21H26N2O3S/c1-16-12-13-20(17(2)14-16)23(15-21(24)22-18-8-6-7-9-18)27(25,26)19-10-4-3-5-11-19/h3-5,10-14,18H,6-9,15H2,1-2H3,(H,22,24). The molecule has 1 N–H and O–H groups in total. The maximum Gasteiger partial charge on any atom is 0.264 e. The molecule has 0 aliphatic heterocycles. The van der Waals surface area contributed by atoms with Crippen LogP contribution in [0.2, 0.25) is 0 Å². The molecule has 0 atom stereocenters. The van der Waals surface area contributed by atoms with E-state index in [1.54, 1.807) is 36.4 Å². The summed E-state index contributed by atoms with van der Waals surface area (Å²) in [6.07, 6.45) is 4.13. The third kappa shape index (κ3) is 4.50. The fourth-order valence-corrected chi connectivity index (χ4v) is 5.09. The Labute approximate surface area is 161 Å². The molecule has 0 spiro atoms. The van der Waals surface area contributed by atoms with E-state index in [1.807, 2.05) is 26.0 Å². The zero-order chi connectivity index (χ0) is 19.4. The van der Waals surface area contributed by atoms with Crippen LogP contribution in [0.15, 0.2) is 53.4 Å². The molecule has 0 bridgehead atoms. The molecule has 144 valence electrons. The SMILES string of the molecule is Cc1ccc(N(CC(=O)NC2CCCC2)S(=O)(=O)c2ccccc2)c(C)c1. The van der Waals surface area contributed by atoms with Crippen LogP contribution in [0.4, 0.5) is 5.69 Å². The number of rotatable bonds is 6. The molecule has 27 heavy (non-hydrogen) atoms. The average Bonchev–Trinajstić information content (AvgIpc) is 3.14. The number of nitrogens with one attached hydrogen (secondary N) is 1. The Balaban J connectivity index is 1.94. The Bertz CT molecular complexity index is 904. The molecule has 1 fully saturated rings. The van der Waals surface area contributed by atoms with Crippen LogP contribution in [-0.4, -0.2) is 26.9 Å². The Morgan fingerprint density at radius 3 is 2.37 bits per heavy atom. The predicted molar refractivity (Wildman–Crippen MR) is 107 cm³/mol. The summed E-state index contributed by atoms with van der Waals surface area (Å²) in [4.78, 5) is 12.8. The van der Waals surface area contributed by atoms with E-state index in [0.717, 1.165) is 36.8 Å². The van der Waals surface area contributed by atoms with Crippen LogP contribution in [0.25, 0.3) is 0 Å². The summed E-state index contributed by atoms with van der Waals surface area (Å²) in [5, 5.41) is 2.99. The molecule has 1 aliphatic rings. The zero-order valence-corrected chi connectivity index (χ0v) is 16.6. The molecule has 0 radical (unpaired) electrons. The van der Waals surface area contributed by atoms with Gasteiger partial charge in [-0.1, -0.05) is 48.7 Å². The lowest BCUT2D eigenvalue weighted by molar-refractivity contribution is -0.120. The quantitative estimate of drug-likeness (QED) is 0.825. The first-order valence-corrected chi connectivity index (χ1v) is 10.8. The van der Waals surface area contributed by atoms with Gasteiger partial charge in [0.1, 0.15) is 6.54 Å². The van der Waals surface area contributed by atoms with Crippen molar-refractivity contribution in [1.82, 2.24) is 5.32 Å². The third-order valence-electron chi connectivity index (χ3n) is 4.96. The minimum atomic E-state index is -3.85. The molecular weight excluding hydrogens is 360 g/mol. The van der Waals surface area contributed by atoms with Crippen molar-refractivity contribution >= 4 is 21.6 Å². The highest BCUT2D eigenvalue weighted by molar-refractivity contribution is 7.92. The van der Waals surface area contributed by atoms with Crippen LogP contribution in [-0.2, 0) is 14.8 Å². The first-order valence-electron chi connectivity index (χ1n) is 9.32. The summed E-state index contributed by atoms with van der Waals surface area (Å²) in [5.74, 6) is -0.263. The maximum absolute atomic E-state index is 13.3. The second-order valence-corrected chi connectivity index (χ2v) is 9.03. The molecule has 2 aromatic rings. The lowest BCUT2D eigenvalue weighted by atomic mass is 10.1. The van der Waals surface area contributed by atoms with Gasteiger partial charge in [0.05, 0.1) is 10.6 Å². The van der Waals surface area contributed by atoms with E-state index in [0.29, 0.717) is 5.69 Å². The monoisotopic (exact) mass is 386 g/mol.